The Morgan fingerprint density at radius 2 is 2.10 bits per heavy atom. The van der Waals surface area contributed by atoms with Gasteiger partial charge in [0.1, 0.15) is 0 Å². The van der Waals surface area contributed by atoms with Crippen LogP contribution in [0.5, 0.6) is 0 Å². The molecule has 112 valence electrons. The van der Waals surface area contributed by atoms with E-state index in [1.165, 1.54) is 35.3 Å². The predicted molar refractivity (Wildman–Crippen MR) is 90.9 cm³/mol. The van der Waals surface area contributed by atoms with Crippen molar-refractivity contribution in [3.05, 3.63) is 57.8 Å². The number of fused-ring (bicyclic) bond motifs is 1. The van der Waals surface area contributed by atoms with E-state index < -0.39 is 0 Å². The number of thiophene rings is 1. The maximum Gasteiger partial charge on any atom is 0.0561 e. The molecule has 1 heterocycles. The van der Waals surface area contributed by atoms with Gasteiger partial charge in [0.2, 0.25) is 0 Å². The van der Waals surface area contributed by atoms with Crippen molar-refractivity contribution in [3.8, 4) is 0 Å². The summed E-state index contributed by atoms with van der Waals surface area (Å²) in [5.41, 5.74) is 3.03. The van der Waals surface area contributed by atoms with E-state index in [9.17, 15) is 0 Å². The quantitative estimate of drug-likeness (QED) is 0.897. The molecule has 2 atom stereocenters. The molecule has 3 rings (SSSR count). The first kappa shape index (κ1) is 14.8. The summed E-state index contributed by atoms with van der Waals surface area (Å²) < 4.78 is 0. The molecule has 21 heavy (non-hydrogen) atoms. The van der Waals surface area contributed by atoms with Gasteiger partial charge in [-0.25, -0.2) is 0 Å². The second-order valence-electron chi connectivity index (χ2n) is 6.05. The number of hydrogen-bond acceptors (Lipinski definition) is 3. The second kappa shape index (κ2) is 6.73. The molecule has 1 aliphatic carbocycles. The Morgan fingerprint density at radius 3 is 2.86 bits per heavy atom. The normalized spacial score (nSPS) is 19.5. The molecule has 0 radical (unpaired) electrons. The van der Waals surface area contributed by atoms with Crippen LogP contribution < -0.4 is 5.32 Å². The number of rotatable bonds is 5. The zero-order valence-electron chi connectivity index (χ0n) is 12.9. The van der Waals surface area contributed by atoms with Gasteiger partial charge in [0.15, 0.2) is 0 Å². The molecule has 0 spiro atoms. The molecular formula is C18H24N2S. The molecule has 2 aromatic rings. The van der Waals surface area contributed by atoms with Gasteiger partial charge in [-0.1, -0.05) is 30.3 Å². The van der Waals surface area contributed by atoms with Crippen molar-refractivity contribution < 1.29 is 0 Å². The minimum atomic E-state index is 0.457. The highest BCUT2D eigenvalue weighted by atomic mass is 32.1. The highest BCUT2D eigenvalue weighted by Crippen LogP contribution is 2.30. The van der Waals surface area contributed by atoms with Crippen LogP contribution in [0.1, 0.15) is 40.9 Å². The highest BCUT2D eigenvalue weighted by Gasteiger charge is 2.22. The summed E-state index contributed by atoms with van der Waals surface area (Å²) in [6, 6.07) is 14.3. The van der Waals surface area contributed by atoms with Crippen molar-refractivity contribution in [2.75, 3.05) is 20.6 Å². The zero-order chi connectivity index (χ0) is 14.7. The standard InChI is InChI=1S/C18H24N2S/c1-20(2)17(18-11-6-12-21-18)13-19-16-10-5-8-14-7-3-4-9-15(14)16/h3-4,6-7,9,11-12,16-17,19H,5,8,10,13H2,1-2H3. The van der Waals surface area contributed by atoms with Crippen LogP contribution in [0.4, 0.5) is 0 Å². The van der Waals surface area contributed by atoms with Gasteiger partial charge in [0.05, 0.1) is 6.04 Å². The van der Waals surface area contributed by atoms with Gasteiger partial charge in [-0.05, 0) is 55.9 Å². The van der Waals surface area contributed by atoms with Crippen LogP contribution >= 0.6 is 11.3 Å². The topological polar surface area (TPSA) is 15.3 Å². The molecule has 2 nitrogen and oxygen atoms in total. The van der Waals surface area contributed by atoms with Gasteiger partial charge in [0.25, 0.3) is 0 Å². The molecule has 0 bridgehead atoms. The minimum Gasteiger partial charge on any atom is -0.308 e. The van der Waals surface area contributed by atoms with Crippen molar-refractivity contribution in [1.82, 2.24) is 10.2 Å². The number of aryl methyl sites for hydroxylation is 1. The van der Waals surface area contributed by atoms with Crippen LogP contribution in [0.15, 0.2) is 41.8 Å². The Hall–Kier alpha value is -1.16. The number of nitrogens with one attached hydrogen (secondary N) is 1. The lowest BCUT2D eigenvalue weighted by Crippen LogP contribution is -2.34. The minimum absolute atomic E-state index is 0.457. The van der Waals surface area contributed by atoms with Crippen LogP contribution in [0.2, 0.25) is 0 Å². The third-order valence-corrected chi connectivity index (χ3v) is 5.40. The van der Waals surface area contributed by atoms with E-state index in [1.54, 1.807) is 0 Å². The Bertz CT molecular complexity index is 562. The molecule has 0 aliphatic heterocycles. The van der Waals surface area contributed by atoms with Gasteiger partial charge in [-0.15, -0.1) is 11.3 Å². The molecule has 1 N–H and O–H groups in total. The van der Waals surface area contributed by atoms with E-state index in [1.807, 2.05) is 11.3 Å². The smallest absolute Gasteiger partial charge is 0.0561 e. The van der Waals surface area contributed by atoms with Gasteiger partial charge >= 0.3 is 0 Å². The van der Waals surface area contributed by atoms with Gasteiger partial charge in [0, 0.05) is 17.5 Å². The summed E-state index contributed by atoms with van der Waals surface area (Å²) in [7, 11) is 4.34. The predicted octanol–water partition coefficient (Wildman–Crippen LogP) is 4.02. The summed E-state index contributed by atoms with van der Waals surface area (Å²) in [4.78, 5) is 3.75. The monoisotopic (exact) mass is 300 g/mol. The SMILES string of the molecule is CN(C)C(CNC1CCCc2ccccc21)c1cccs1. The van der Waals surface area contributed by atoms with Crippen molar-refractivity contribution in [2.45, 2.75) is 31.3 Å². The third kappa shape index (κ3) is 3.37. The van der Waals surface area contributed by atoms with Crippen molar-refractivity contribution in [3.63, 3.8) is 0 Å². The molecule has 0 fully saturated rings. The van der Waals surface area contributed by atoms with Crippen molar-refractivity contribution >= 4 is 11.3 Å². The van der Waals surface area contributed by atoms with E-state index in [-0.39, 0.29) is 0 Å². The second-order valence-corrected chi connectivity index (χ2v) is 7.03. The van der Waals surface area contributed by atoms with Crippen molar-refractivity contribution in [2.24, 2.45) is 0 Å². The van der Waals surface area contributed by atoms with Gasteiger partial charge < -0.3 is 10.2 Å². The lowest BCUT2D eigenvalue weighted by molar-refractivity contribution is 0.278. The third-order valence-electron chi connectivity index (χ3n) is 4.42. The van der Waals surface area contributed by atoms with Crippen molar-refractivity contribution in [1.29, 1.82) is 0 Å². The van der Waals surface area contributed by atoms with Gasteiger partial charge in [-0.3, -0.25) is 0 Å². The molecule has 2 unspecified atom stereocenters. The Labute approximate surface area is 131 Å². The number of benzene rings is 1. The van der Waals surface area contributed by atoms with E-state index in [2.05, 4.69) is 66.1 Å². The average molecular weight is 300 g/mol. The van der Waals surface area contributed by atoms with E-state index in [0.717, 1.165) is 6.54 Å². The Balaban J connectivity index is 1.70. The highest BCUT2D eigenvalue weighted by molar-refractivity contribution is 7.10. The molecular weight excluding hydrogens is 276 g/mol. The van der Waals surface area contributed by atoms with E-state index >= 15 is 0 Å². The fraction of sp³-hybridized carbons (Fsp3) is 0.444. The van der Waals surface area contributed by atoms with Crippen LogP contribution in [-0.2, 0) is 6.42 Å². The first-order valence-corrected chi connectivity index (χ1v) is 8.64. The summed E-state index contributed by atoms with van der Waals surface area (Å²) in [6.45, 7) is 1.01. The van der Waals surface area contributed by atoms with Crippen LogP contribution in [-0.4, -0.2) is 25.5 Å². The largest absolute Gasteiger partial charge is 0.308 e. The zero-order valence-corrected chi connectivity index (χ0v) is 13.7. The maximum absolute atomic E-state index is 3.81. The molecule has 0 saturated heterocycles. The molecule has 1 aromatic carbocycles. The number of nitrogens with zero attached hydrogens (tertiary/aromatic N) is 1. The van der Waals surface area contributed by atoms with E-state index in [4.69, 9.17) is 0 Å². The Morgan fingerprint density at radius 1 is 1.24 bits per heavy atom. The lowest BCUT2D eigenvalue weighted by atomic mass is 9.87. The first-order chi connectivity index (χ1) is 10.3. The number of hydrogen-bond donors (Lipinski definition) is 1. The fourth-order valence-electron chi connectivity index (χ4n) is 3.24. The summed E-state index contributed by atoms with van der Waals surface area (Å²) >= 11 is 1.85. The summed E-state index contributed by atoms with van der Waals surface area (Å²) in [5.74, 6) is 0. The Kier molecular flexibility index (Phi) is 4.73. The maximum atomic E-state index is 3.81. The average Bonchev–Trinajstić information content (AvgIpc) is 3.01. The molecule has 0 saturated carbocycles. The number of likely N-dealkylation sites (N-methyl/N-ethyl adjacent to an activating group) is 1. The first-order valence-electron chi connectivity index (χ1n) is 7.76. The fourth-order valence-corrected chi connectivity index (χ4v) is 4.16. The molecule has 3 heteroatoms. The van der Waals surface area contributed by atoms with Crippen LogP contribution in [0.25, 0.3) is 0 Å². The lowest BCUT2D eigenvalue weighted by Gasteiger charge is -2.30. The van der Waals surface area contributed by atoms with Gasteiger partial charge in [-0.2, -0.15) is 0 Å². The summed E-state index contributed by atoms with van der Waals surface area (Å²) in [5, 5.41) is 5.98. The van der Waals surface area contributed by atoms with Crippen LogP contribution in [0, 0.1) is 0 Å². The van der Waals surface area contributed by atoms with Crippen LogP contribution in [0.3, 0.4) is 0 Å². The molecule has 1 aliphatic rings. The van der Waals surface area contributed by atoms with E-state index in [0.29, 0.717) is 12.1 Å². The molecule has 0 amide bonds. The molecule has 1 aromatic heterocycles. The summed E-state index contributed by atoms with van der Waals surface area (Å²) in [6.07, 6.45) is 3.78.